The molecule has 1 fully saturated rings. The largest absolute Gasteiger partial charge is 0.294 e. The van der Waals surface area contributed by atoms with E-state index in [2.05, 4.69) is 41.9 Å². The zero-order valence-corrected chi connectivity index (χ0v) is 12.6. The molecule has 3 rings (SSSR count). The highest BCUT2D eigenvalue weighted by atomic mass is 79.9. The maximum absolute atomic E-state index is 12.8. The molecular formula is C16H19BrO. The van der Waals surface area contributed by atoms with Crippen molar-refractivity contribution in [3.63, 3.8) is 0 Å². The summed E-state index contributed by atoms with van der Waals surface area (Å²) in [6.07, 6.45) is 4.30. The highest BCUT2D eigenvalue weighted by Crippen LogP contribution is 2.50. The van der Waals surface area contributed by atoms with E-state index in [1.165, 1.54) is 12.0 Å². The Kier molecular flexibility index (Phi) is 2.89. The lowest BCUT2D eigenvalue weighted by molar-refractivity contribution is 0.0621. The van der Waals surface area contributed by atoms with Crippen molar-refractivity contribution in [2.45, 2.75) is 39.5 Å². The standard InChI is InChI=1S/C16H19BrO/c1-10-5-6-16(8-11(10)2)9-12-3-4-13(17)7-14(12)15(16)18/h3-4,7,10-11H,5-6,8-9H2,1-2H3/t10-,11-,16-/m0/s1. The number of halogens is 1. The monoisotopic (exact) mass is 306 g/mol. The number of carbonyl (C=O) groups excluding carboxylic acids is 1. The summed E-state index contributed by atoms with van der Waals surface area (Å²) in [5.74, 6) is 1.83. The van der Waals surface area contributed by atoms with Gasteiger partial charge in [0.2, 0.25) is 0 Å². The Morgan fingerprint density at radius 2 is 2.06 bits per heavy atom. The van der Waals surface area contributed by atoms with E-state index >= 15 is 0 Å². The van der Waals surface area contributed by atoms with Gasteiger partial charge in [-0.25, -0.2) is 0 Å². The van der Waals surface area contributed by atoms with Crippen LogP contribution in [0.4, 0.5) is 0 Å². The minimum absolute atomic E-state index is 0.0744. The van der Waals surface area contributed by atoms with E-state index in [4.69, 9.17) is 0 Å². The van der Waals surface area contributed by atoms with Crippen molar-refractivity contribution in [1.82, 2.24) is 0 Å². The molecule has 1 aromatic rings. The lowest BCUT2D eigenvalue weighted by Gasteiger charge is -2.39. The highest BCUT2D eigenvalue weighted by Gasteiger charge is 2.48. The third kappa shape index (κ3) is 1.77. The van der Waals surface area contributed by atoms with Gasteiger partial charge in [0, 0.05) is 15.5 Å². The summed E-state index contributed by atoms with van der Waals surface area (Å²) in [4.78, 5) is 12.8. The molecule has 0 N–H and O–H groups in total. The van der Waals surface area contributed by atoms with E-state index in [9.17, 15) is 4.79 Å². The van der Waals surface area contributed by atoms with Gasteiger partial charge in [-0.2, -0.15) is 0 Å². The predicted molar refractivity (Wildman–Crippen MR) is 76.8 cm³/mol. The summed E-state index contributed by atoms with van der Waals surface area (Å²) >= 11 is 3.47. The van der Waals surface area contributed by atoms with Crippen LogP contribution >= 0.6 is 15.9 Å². The molecule has 0 saturated heterocycles. The van der Waals surface area contributed by atoms with Gasteiger partial charge in [-0.3, -0.25) is 4.79 Å². The zero-order valence-electron chi connectivity index (χ0n) is 11.0. The van der Waals surface area contributed by atoms with Gasteiger partial charge in [0.05, 0.1) is 0 Å². The van der Waals surface area contributed by atoms with Gasteiger partial charge in [-0.05, 0) is 55.2 Å². The van der Waals surface area contributed by atoms with Crippen LogP contribution in [0, 0.1) is 17.3 Å². The normalized spacial score (nSPS) is 34.9. The van der Waals surface area contributed by atoms with E-state index in [0.717, 1.165) is 35.2 Å². The number of benzene rings is 1. The van der Waals surface area contributed by atoms with Crippen LogP contribution in [-0.4, -0.2) is 5.78 Å². The Hall–Kier alpha value is -0.630. The Balaban J connectivity index is 1.97. The van der Waals surface area contributed by atoms with Gasteiger partial charge in [0.15, 0.2) is 5.78 Å². The van der Waals surface area contributed by atoms with Crippen molar-refractivity contribution in [2.75, 3.05) is 0 Å². The third-order valence-corrected chi connectivity index (χ3v) is 5.58. The fourth-order valence-electron chi connectivity index (χ4n) is 3.72. The van der Waals surface area contributed by atoms with E-state index in [-0.39, 0.29) is 5.41 Å². The van der Waals surface area contributed by atoms with Crippen LogP contribution in [0.1, 0.15) is 49.0 Å². The molecule has 2 heteroatoms. The molecule has 0 aromatic heterocycles. The van der Waals surface area contributed by atoms with Crippen molar-refractivity contribution in [2.24, 2.45) is 17.3 Å². The van der Waals surface area contributed by atoms with Crippen molar-refractivity contribution < 1.29 is 4.79 Å². The van der Waals surface area contributed by atoms with Gasteiger partial charge >= 0.3 is 0 Å². The summed E-state index contributed by atoms with van der Waals surface area (Å²) in [5.41, 5.74) is 2.14. The maximum atomic E-state index is 12.8. The first-order valence-corrected chi connectivity index (χ1v) is 7.64. The summed E-state index contributed by atoms with van der Waals surface area (Å²) in [6, 6.07) is 6.18. The molecule has 18 heavy (non-hydrogen) atoms. The van der Waals surface area contributed by atoms with E-state index < -0.39 is 0 Å². The van der Waals surface area contributed by atoms with Gasteiger partial charge in [-0.1, -0.05) is 35.8 Å². The van der Waals surface area contributed by atoms with Crippen LogP contribution in [0.5, 0.6) is 0 Å². The number of ketones is 1. The van der Waals surface area contributed by atoms with Crippen molar-refractivity contribution >= 4 is 21.7 Å². The summed E-state index contributed by atoms with van der Waals surface area (Å²) in [5, 5.41) is 0. The molecule has 0 amide bonds. The quantitative estimate of drug-likeness (QED) is 0.683. The lowest BCUT2D eigenvalue weighted by Crippen LogP contribution is -2.36. The molecule has 2 aliphatic rings. The molecule has 1 saturated carbocycles. The zero-order chi connectivity index (χ0) is 12.9. The van der Waals surface area contributed by atoms with Crippen molar-refractivity contribution in [1.29, 1.82) is 0 Å². The molecule has 1 aromatic carbocycles. The smallest absolute Gasteiger partial charge is 0.169 e. The second-order valence-electron chi connectivity index (χ2n) is 6.29. The Morgan fingerprint density at radius 3 is 2.78 bits per heavy atom. The molecule has 0 bridgehead atoms. The molecule has 1 nitrogen and oxygen atoms in total. The number of hydrogen-bond donors (Lipinski definition) is 0. The number of carbonyl (C=O) groups is 1. The Morgan fingerprint density at radius 1 is 1.28 bits per heavy atom. The summed E-state index contributed by atoms with van der Waals surface area (Å²) < 4.78 is 1.02. The highest BCUT2D eigenvalue weighted by molar-refractivity contribution is 9.10. The number of fused-ring (bicyclic) bond motifs is 1. The summed E-state index contributed by atoms with van der Waals surface area (Å²) in [6.45, 7) is 4.62. The topological polar surface area (TPSA) is 17.1 Å². The number of rotatable bonds is 0. The molecule has 1 spiro atoms. The molecule has 0 aliphatic heterocycles. The Labute approximate surface area is 117 Å². The first-order chi connectivity index (χ1) is 8.52. The van der Waals surface area contributed by atoms with Crippen molar-refractivity contribution in [3.8, 4) is 0 Å². The second kappa shape index (κ2) is 4.19. The van der Waals surface area contributed by atoms with Crippen LogP contribution in [0.3, 0.4) is 0 Å². The number of Topliss-reactive ketones (excluding diaryl/α,β-unsaturated/α-hetero) is 1. The van der Waals surface area contributed by atoms with Gasteiger partial charge in [0.1, 0.15) is 0 Å². The van der Waals surface area contributed by atoms with E-state index in [1.807, 2.05) is 6.07 Å². The minimum atomic E-state index is -0.0744. The first kappa shape index (κ1) is 12.4. The van der Waals surface area contributed by atoms with Crippen LogP contribution in [0.2, 0.25) is 0 Å². The molecule has 96 valence electrons. The van der Waals surface area contributed by atoms with E-state index in [0.29, 0.717) is 11.7 Å². The molecule has 3 atom stereocenters. The van der Waals surface area contributed by atoms with E-state index in [1.54, 1.807) is 0 Å². The van der Waals surface area contributed by atoms with Gasteiger partial charge < -0.3 is 0 Å². The predicted octanol–water partition coefficient (Wildman–Crippen LogP) is 4.63. The molecule has 0 unspecified atom stereocenters. The van der Waals surface area contributed by atoms with Crippen molar-refractivity contribution in [3.05, 3.63) is 33.8 Å². The van der Waals surface area contributed by atoms with Gasteiger partial charge in [-0.15, -0.1) is 0 Å². The average molecular weight is 307 g/mol. The second-order valence-corrected chi connectivity index (χ2v) is 7.20. The molecule has 0 heterocycles. The average Bonchev–Trinajstić information content (AvgIpc) is 2.59. The minimum Gasteiger partial charge on any atom is -0.294 e. The van der Waals surface area contributed by atoms with Crippen LogP contribution in [-0.2, 0) is 6.42 Å². The molecule has 0 radical (unpaired) electrons. The first-order valence-electron chi connectivity index (χ1n) is 6.85. The van der Waals surface area contributed by atoms with Crippen LogP contribution in [0.25, 0.3) is 0 Å². The third-order valence-electron chi connectivity index (χ3n) is 5.09. The van der Waals surface area contributed by atoms with Crippen LogP contribution in [0.15, 0.2) is 22.7 Å². The summed E-state index contributed by atoms with van der Waals surface area (Å²) in [7, 11) is 0. The lowest BCUT2D eigenvalue weighted by atomic mass is 9.64. The maximum Gasteiger partial charge on any atom is 0.169 e. The van der Waals surface area contributed by atoms with Gasteiger partial charge in [0.25, 0.3) is 0 Å². The SMILES string of the molecule is C[C@H]1CC[C@@]2(Cc3ccc(Br)cc3C2=O)C[C@@H]1C. The molecule has 2 aliphatic carbocycles. The Bertz CT molecular complexity index is 508. The fourth-order valence-corrected chi connectivity index (χ4v) is 4.08. The van der Waals surface area contributed by atoms with Crippen LogP contribution < -0.4 is 0 Å². The number of hydrogen-bond acceptors (Lipinski definition) is 1. The fraction of sp³-hybridized carbons (Fsp3) is 0.562. The molecular weight excluding hydrogens is 288 g/mol.